The van der Waals surface area contributed by atoms with E-state index in [2.05, 4.69) is 0 Å². The van der Waals surface area contributed by atoms with E-state index in [0.29, 0.717) is 11.8 Å². The van der Waals surface area contributed by atoms with E-state index in [4.69, 9.17) is 4.74 Å². The van der Waals surface area contributed by atoms with Crippen LogP contribution >= 0.6 is 11.8 Å². The van der Waals surface area contributed by atoms with E-state index in [1.165, 1.54) is 0 Å². The molecule has 4 saturated carbocycles. The van der Waals surface area contributed by atoms with Crippen LogP contribution in [0.5, 0.6) is 0 Å². The lowest BCUT2D eigenvalue weighted by molar-refractivity contribution is -0.0835. The first-order valence-corrected chi connectivity index (χ1v) is 15.0. The number of fused-ring (bicyclic) bond motifs is 6. The molecule has 10 heteroatoms. The van der Waals surface area contributed by atoms with Gasteiger partial charge in [-0.3, -0.25) is 0 Å². The summed E-state index contributed by atoms with van der Waals surface area (Å²) in [4.78, 5) is 0. The minimum absolute atomic E-state index is 0. The smallest absolute Gasteiger partial charge is 0.129 e. The van der Waals surface area contributed by atoms with Crippen molar-refractivity contribution in [1.29, 1.82) is 0 Å². The molecule has 16 atom stereocenters. The van der Waals surface area contributed by atoms with Gasteiger partial charge in [0.25, 0.3) is 0 Å². The maximum atomic E-state index is 14.3. The van der Waals surface area contributed by atoms with Gasteiger partial charge in [-0.1, -0.05) is 27.7 Å². The quantitative estimate of drug-likeness (QED) is 0.394. The Morgan fingerprint density at radius 1 is 0.447 bits per heavy atom. The average molecular weight is 577 g/mol. The first-order valence-electron chi connectivity index (χ1n) is 14.1. The number of alkyl halides is 4. The third-order valence-electron chi connectivity index (χ3n) is 10.7. The van der Waals surface area contributed by atoms with E-state index in [1.54, 1.807) is 11.8 Å². The van der Waals surface area contributed by atoms with Crippen molar-refractivity contribution in [2.45, 2.75) is 126 Å². The molecule has 4 aliphatic carbocycles. The van der Waals surface area contributed by atoms with Crippen LogP contribution < -0.4 is 0 Å². The van der Waals surface area contributed by atoms with Crippen LogP contribution in [0.25, 0.3) is 0 Å². The highest BCUT2D eigenvalue weighted by Gasteiger charge is 2.56. The minimum atomic E-state index is -0.887. The predicted octanol–water partition coefficient (Wildman–Crippen LogP) is 4.46. The van der Waals surface area contributed by atoms with Crippen LogP contribution in [0.15, 0.2) is 0 Å². The number of halogens is 4. The lowest BCUT2D eigenvalue weighted by Gasteiger charge is -2.37. The topological polar surface area (TPSA) is 135 Å². The van der Waals surface area contributed by atoms with Crippen molar-refractivity contribution in [3.63, 3.8) is 0 Å². The maximum absolute atomic E-state index is 14.3. The first-order chi connectivity index (χ1) is 16.2. The number of ether oxygens (including phenoxy) is 1. The minimum Gasteiger partial charge on any atom is -0.412 e. The van der Waals surface area contributed by atoms with Gasteiger partial charge in [0.15, 0.2) is 0 Å². The van der Waals surface area contributed by atoms with Crippen LogP contribution in [0.4, 0.5) is 17.6 Å². The summed E-state index contributed by atoms with van der Waals surface area (Å²) in [5.74, 6) is 1.98. The lowest BCUT2D eigenvalue weighted by atomic mass is 9.68. The molecule has 0 aromatic carbocycles. The van der Waals surface area contributed by atoms with Crippen LogP contribution in [0, 0.1) is 47.3 Å². The Hall–Kier alpha value is -0.130. The van der Waals surface area contributed by atoms with E-state index in [1.807, 2.05) is 27.7 Å². The molecule has 0 aromatic rings. The van der Waals surface area contributed by atoms with Crippen LogP contribution in [-0.4, -0.2) is 69.3 Å². The van der Waals surface area contributed by atoms with Crippen molar-refractivity contribution in [3.8, 4) is 0 Å². The molecule has 0 aromatic heterocycles. The van der Waals surface area contributed by atoms with E-state index < -0.39 is 24.7 Å². The van der Waals surface area contributed by atoms with Gasteiger partial charge in [-0.2, -0.15) is 0 Å². The van der Waals surface area contributed by atoms with Crippen molar-refractivity contribution in [1.82, 2.24) is 0 Å². The second-order valence-electron chi connectivity index (χ2n) is 12.8. The first kappa shape index (κ1) is 35.9. The van der Waals surface area contributed by atoms with Crippen molar-refractivity contribution in [3.05, 3.63) is 0 Å². The molecule has 2 saturated heterocycles. The summed E-state index contributed by atoms with van der Waals surface area (Å²) < 4.78 is 62.6. The summed E-state index contributed by atoms with van der Waals surface area (Å²) in [7, 11) is 0. The summed E-state index contributed by atoms with van der Waals surface area (Å²) in [5, 5.41) is 0.189. The summed E-state index contributed by atoms with van der Waals surface area (Å²) in [6.07, 6.45) is 4.34. The van der Waals surface area contributed by atoms with E-state index in [0.717, 1.165) is 51.4 Å². The fourth-order valence-corrected chi connectivity index (χ4v) is 10.5. The fourth-order valence-electron chi connectivity index (χ4n) is 8.25. The molecule has 6 rings (SSSR count). The van der Waals surface area contributed by atoms with Crippen LogP contribution in [-0.2, 0) is 4.74 Å². The van der Waals surface area contributed by atoms with Gasteiger partial charge < -0.3 is 26.6 Å². The number of thioether (sulfide) groups is 1. The largest absolute Gasteiger partial charge is 0.412 e. The zero-order valence-electron chi connectivity index (χ0n) is 23.2. The SMILES string of the molecule is CC1CCC2C3CCC(C)C(F)C3OC2C1F.CC1CCC2C3CCC(C)C(F)C3SC2C1F.O.O.O.O. The number of hydrogen-bond acceptors (Lipinski definition) is 2. The van der Waals surface area contributed by atoms with Crippen molar-refractivity contribution in [2.24, 2.45) is 47.3 Å². The molecule has 0 spiro atoms. The van der Waals surface area contributed by atoms with Gasteiger partial charge in [-0.25, -0.2) is 17.6 Å². The molecule has 2 heterocycles. The summed E-state index contributed by atoms with van der Waals surface area (Å²) in [5.41, 5.74) is 0. The molecule has 0 bridgehead atoms. The van der Waals surface area contributed by atoms with Gasteiger partial charge in [-0.05, 0) is 98.7 Å². The molecule has 0 amide bonds. The molecule has 38 heavy (non-hydrogen) atoms. The third kappa shape index (κ3) is 6.20. The molecule has 6 fully saturated rings. The van der Waals surface area contributed by atoms with Crippen LogP contribution in [0.2, 0.25) is 0 Å². The van der Waals surface area contributed by atoms with Crippen LogP contribution in [0.1, 0.15) is 79.1 Å². The molecule has 2 aliphatic heterocycles. The zero-order chi connectivity index (χ0) is 24.3. The Morgan fingerprint density at radius 2 is 0.737 bits per heavy atom. The van der Waals surface area contributed by atoms with Crippen molar-refractivity contribution in [2.75, 3.05) is 0 Å². The maximum Gasteiger partial charge on any atom is 0.129 e. The van der Waals surface area contributed by atoms with Crippen molar-refractivity contribution < 1.29 is 44.2 Å². The Morgan fingerprint density at radius 3 is 1.08 bits per heavy atom. The standard InChI is InChI=1S/C14H22F2O.C14H22F2S.4H2O/c2*1-7-3-5-9-10-6-4-8(2)12(16)14(10)17-13(9)11(7)15;;;;/h2*7-14H,3-6H2,1-2H3;4*1H2. The molecular weight excluding hydrogens is 524 g/mol. The fraction of sp³-hybridized carbons (Fsp3) is 1.00. The highest BCUT2D eigenvalue weighted by Crippen LogP contribution is 2.57. The summed E-state index contributed by atoms with van der Waals surface area (Å²) in [6.45, 7) is 7.92. The Kier molecular flexibility index (Phi) is 13.4. The molecule has 6 aliphatic rings. The van der Waals surface area contributed by atoms with Gasteiger partial charge in [0.2, 0.25) is 0 Å². The summed E-state index contributed by atoms with van der Waals surface area (Å²) in [6, 6.07) is 0. The monoisotopic (exact) mass is 576 g/mol. The van der Waals surface area contributed by atoms with E-state index in [-0.39, 0.29) is 80.1 Å². The average Bonchev–Trinajstić information content (AvgIpc) is 3.39. The van der Waals surface area contributed by atoms with E-state index in [9.17, 15) is 17.6 Å². The second-order valence-corrected chi connectivity index (χ2v) is 14.1. The Balaban J connectivity index is 0.000000344. The van der Waals surface area contributed by atoms with Crippen LogP contribution in [0.3, 0.4) is 0 Å². The van der Waals surface area contributed by atoms with E-state index >= 15 is 0 Å². The zero-order valence-corrected chi connectivity index (χ0v) is 24.0. The number of hydrogen-bond donors (Lipinski definition) is 0. The highest BCUT2D eigenvalue weighted by atomic mass is 32.2. The van der Waals surface area contributed by atoms with Crippen molar-refractivity contribution >= 4 is 11.8 Å². The molecule has 16 unspecified atom stereocenters. The molecule has 228 valence electrons. The van der Waals surface area contributed by atoms with Gasteiger partial charge in [0.1, 0.15) is 24.7 Å². The Bertz CT molecular complexity index is 603. The number of rotatable bonds is 0. The lowest BCUT2D eigenvalue weighted by Crippen LogP contribution is -2.40. The molecule has 0 radical (unpaired) electrons. The van der Waals surface area contributed by atoms with Gasteiger partial charge in [0.05, 0.1) is 12.2 Å². The third-order valence-corrected chi connectivity index (χ3v) is 12.5. The van der Waals surface area contributed by atoms with Gasteiger partial charge in [-0.15, -0.1) is 11.8 Å². The molecular formula is C28H52F4O5S. The molecule has 8 N–H and O–H groups in total. The molecule has 5 nitrogen and oxygen atoms in total. The van der Waals surface area contributed by atoms with Gasteiger partial charge >= 0.3 is 0 Å². The summed E-state index contributed by atoms with van der Waals surface area (Å²) >= 11 is 1.65. The van der Waals surface area contributed by atoms with Gasteiger partial charge in [0, 0.05) is 10.5 Å². The Labute approximate surface area is 229 Å². The highest BCUT2D eigenvalue weighted by molar-refractivity contribution is 8.00. The second kappa shape index (κ2) is 14.2. The predicted molar refractivity (Wildman–Crippen MR) is 145 cm³/mol. The normalized spacial score (nSPS) is 52.4.